The maximum atomic E-state index is 12.9. The van der Waals surface area contributed by atoms with Crippen molar-refractivity contribution in [2.24, 2.45) is 5.92 Å². The quantitative estimate of drug-likeness (QED) is 0.781. The Kier molecular flexibility index (Phi) is 6.43. The van der Waals surface area contributed by atoms with Crippen molar-refractivity contribution in [3.63, 3.8) is 0 Å². The van der Waals surface area contributed by atoms with Crippen molar-refractivity contribution in [2.45, 2.75) is 39.7 Å². The Morgan fingerprint density at radius 3 is 2.67 bits per heavy atom. The minimum absolute atomic E-state index is 0.0575. The molecule has 1 aromatic carbocycles. The van der Waals surface area contributed by atoms with E-state index in [0.717, 1.165) is 24.9 Å². The van der Waals surface area contributed by atoms with Gasteiger partial charge in [0, 0.05) is 26.1 Å². The molecule has 1 atom stereocenters. The summed E-state index contributed by atoms with van der Waals surface area (Å²) in [5.74, 6) is 2.62. The summed E-state index contributed by atoms with van der Waals surface area (Å²) in [5.41, 5.74) is 2.26. The molecule has 4 nitrogen and oxygen atoms in total. The number of aryl methyl sites for hydroxylation is 1. The number of hydrogen-bond donors (Lipinski definition) is 0. The Balaban J connectivity index is 2.06. The van der Waals surface area contributed by atoms with Crippen molar-refractivity contribution in [1.29, 1.82) is 0 Å². The zero-order valence-electron chi connectivity index (χ0n) is 14.6. The lowest BCUT2D eigenvalue weighted by Gasteiger charge is -2.34. The van der Waals surface area contributed by atoms with Crippen molar-refractivity contribution in [3.8, 4) is 12.3 Å². The molecule has 24 heavy (non-hydrogen) atoms. The Hall–Kier alpha value is -2.28. The minimum Gasteiger partial charge on any atom is -0.342 e. The number of rotatable bonds is 5. The van der Waals surface area contributed by atoms with E-state index < -0.39 is 0 Å². The third-order valence-corrected chi connectivity index (χ3v) is 4.51. The van der Waals surface area contributed by atoms with Gasteiger partial charge in [0.2, 0.25) is 11.8 Å². The van der Waals surface area contributed by atoms with Crippen LogP contribution in [0.25, 0.3) is 0 Å². The van der Waals surface area contributed by atoms with Gasteiger partial charge >= 0.3 is 0 Å². The van der Waals surface area contributed by atoms with Gasteiger partial charge in [-0.15, -0.1) is 6.42 Å². The van der Waals surface area contributed by atoms with Gasteiger partial charge < -0.3 is 9.80 Å². The molecule has 0 radical (unpaired) electrons. The van der Waals surface area contributed by atoms with E-state index in [-0.39, 0.29) is 17.7 Å². The molecular formula is C20H26N2O2. The van der Waals surface area contributed by atoms with E-state index in [9.17, 15) is 9.59 Å². The summed E-state index contributed by atoms with van der Waals surface area (Å²) in [6.07, 6.45) is 7.64. The van der Waals surface area contributed by atoms with Crippen LogP contribution in [0.4, 0.5) is 0 Å². The van der Waals surface area contributed by atoms with Crippen LogP contribution in [0.15, 0.2) is 24.3 Å². The second kappa shape index (κ2) is 8.54. The fourth-order valence-corrected chi connectivity index (χ4v) is 3.12. The smallest absolute Gasteiger partial charge is 0.228 e. The van der Waals surface area contributed by atoms with Gasteiger partial charge in [-0.25, -0.2) is 0 Å². The molecule has 0 aliphatic carbocycles. The second-order valence-corrected chi connectivity index (χ2v) is 6.42. The van der Waals surface area contributed by atoms with Crippen molar-refractivity contribution in [1.82, 2.24) is 9.80 Å². The number of carbonyl (C=O) groups is 2. The van der Waals surface area contributed by atoms with E-state index in [0.29, 0.717) is 26.1 Å². The van der Waals surface area contributed by atoms with E-state index in [1.165, 1.54) is 5.56 Å². The summed E-state index contributed by atoms with van der Waals surface area (Å²) in [6.45, 7) is 5.97. The predicted octanol–water partition coefficient (Wildman–Crippen LogP) is 2.61. The van der Waals surface area contributed by atoms with Crippen molar-refractivity contribution in [2.75, 3.05) is 19.6 Å². The Morgan fingerprint density at radius 2 is 2.04 bits per heavy atom. The van der Waals surface area contributed by atoms with Crippen molar-refractivity contribution >= 4 is 11.8 Å². The summed E-state index contributed by atoms with van der Waals surface area (Å²) in [4.78, 5) is 28.4. The second-order valence-electron chi connectivity index (χ2n) is 6.42. The van der Waals surface area contributed by atoms with Crippen LogP contribution < -0.4 is 0 Å². The van der Waals surface area contributed by atoms with E-state index >= 15 is 0 Å². The number of carbonyl (C=O) groups excluding carboxylic acids is 2. The molecule has 2 rings (SSSR count). The molecular weight excluding hydrogens is 300 g/mol. The molecule has 1 aliphatic rings. The molecule has 2 amide bonds. The van der Waals surface area contributed by atoms with Crippen LogP contribution in [0.1, 0.15) is 37.3 Å². The number of likely N-dealkylation sites (tertiary alicyclic amines) is 1. The highest BCUT2D eigenvalue weighted by Gasteiger charge is 2.30. The molecule has 1 fully saturated rings. The number of hydrogen-bond acceptors (Lipinski definition) is 2. The SMILES string of the molecule is C#CCN(Cc1ccc(C)cc1)C(=O)[C@@H]1CCCN(C(=O)CC)C1. The molecule has 0 saturated carbocycles. The van der Waals surface area contributed by atoms with Crippen LogP contribution in [-0.4, -0.2) is 41.2 Å². The number of terminal acetylenes is 1. The first-order valence-electron chi connectivity index (χ1n) is 8.60. The van der Waals surface area contributed by atoms with Gasteiger partial charge in [0.15, 0.2) is 0 Å². The molecule has 0 unspecified atom stereocenters. The maximum Gasteiger partial charge on any atom is 0.228 e. The van der Waals surface area contributed by atoms with Gasteiger partial charge in [0.1, 0.15) is 0 Å². The van der Waals surface area contributed by atoms with E-state index in [2.05, 4.69) is 5.92 Å². The average Bonchev–Trinajstić information content (AvgIpc) is 2.62. The van der Waals surface area contributed by atoms with Crippen LogP contribution in [0.3, 0.4) is 0 Å². The summed E-state index contributed by atoms with van der Waals surface area (Å²) >= 11 is 0. The third-order valence-electron chi connectivity index (χ3n) is 4.51. The number of nitrogens with zero attached hydrogens (tertiary/aromatic N) is 2. The van der Waals surface area contributed by atoms with Gasteiger partial charge in [-0.2, -0.15) is 0 Å². The van der Waals surface area contributed by atoms with Crippen LogP contribution >= 0.6 is 0 Å². The topological polar surface area (TPSA) is 40.6 Å². The summed E-state index contributed by atoms with van der Waals surface area (Å²) in [5, 5.41) is 0. The molecule has 4 heteroatoms. The lowest BCUT2D eigenvalue weighted by molar-refractivity contribution is -0.140. The number of piperidine rings is 1. The van der Waals surface area contributed by atoms with E-state index in [1.807, 2.05) is 43.0 Å². The molecule has 1 aromatic rings. The molecule has 128 valence electrons. The molecule has 0 aromatic heterocycles. The summed E-state index contributed by atoms with van der Waals surface area (Å²) in [7, 11) is 0. The number of amides is 2. The zero-order chi connectivity index (χ0) is 17.5. The van der Waals surface area contributed by atoms with Crippen molar-refractivity contribution in [3.05, 3.63) is 35.4 Å². The monoisotopic (exact) mass is 326 g/mol. The first kappa shape index (κ1) is 18.1. The molecule has 0 bridgehead atoms. The summed E-state index contributed by atoms with van der Waals surface area (Å²) < 4.78 is 0. The third kappa shape index (κ3) is 4.61. The predicted molar refractivity (Wildman–Crippen MR) is 95.0 cm³/mol. The first-order valence-corrected chi connectivity index (χ1v) is 8.60. The highest BCUT2D eigenvalue weighted by atomic mass is 16.2. The van der Waals surface area contributed by atoms with Gasteiger partial charge in [0.25, 0.3) is 0 Å². The fourth-order valence-electron chi connectivity index (χ4n) is 3.12. The molecule has 1 saturated heterocycles. The Morgan fingerprint density at radius 1 is 1.33 bits per heavy atom. The lowest BCUT2D eigenvalue weighted by atomic mass is 9.96. The Bertz CT molecular complexity index is 616. The van der Waals surface area contributed by atoms with Crippen molar-refractivity contribution < 1.29 is 9.59 Å². The average molecular weight is 326 g/mol. The van der Waals surface area contributed by atoms with Gasteiger partial charge in [-0.05, 0) is 25.3 Å². The van der Waals surface area contributed by atoms with Crippen LogP contribution in [0, 0.1) is 25.2 Å². The summed E-state index contributed by atoms with van der Waals surface area (Å²) in [6, 6.07) is 8.13. The molecule has 0 N–H and O–H groups in total. The van der Waals surface area contributed by atoms with E-state index in [1.54, 1.807) is 4.90 Å². The normalized spacial score (nSPS) is 17.2. The fraction of sp³-hybridized carbons (Fsp3) is 0.500. The highest BCUT2D eigenvalue weighted by molar-refractivity contribution is 5.81. The first-order chi connectivity index (χ1) is 11.5. The zero-order valence-corrected chi connectivity index (χ0v) is 14.6. The Labute approximate surface area is 144 Å². The van der Waals surface area contributed by atoms with Crippen LogP contribution in [-0.2, 0) is 16.1 Å². The van der Waals surface area contributed by atoms with Gasteiger partial charge in [-0.1, -0.05) is 42.7 Å². The van der Waals surface area contributed by atoms with Crippen LogP contribution in [0.5, 0.6) is 0 Å². The molecule has 1 aliphatic heterocycles. The van der Waals surface area contributed by atoms with Gasteiger partial charge in [0.05, 0.1) is 12.5 Å². The van der Waals surface area contributed by atoms with E-state index in [4.69, 9.17) is 6.42 Å². The molecule has 1 heterocycles. The minimum atomic E-state index is -0.145. The highest BCUT2D eigenvalue weighted by Crippen LogP contribution is 2.20. The molecule has 0 spiro atoms. The maximum absolute atomic E-state index is 12.9. The lowest BCUT2D eigenvalue weighted by Crippen LogP contribution is -2.46. The van der Waals surface area contributed by atoms with Gasteiger partial charge in [-0.3, -0.25) is 9.59 Å². The standard InChI is InChI=1S/C20H26N2O2/c1-4-12-22(14-17-10-8-16(3)9-11-17)20(24)18-7-6-13-21(15-18)19(23)5-2/h1,8-11,18H,5-7,12-15H2,2-3H3/t18-/m1/s1. The van der Waals surface area contributed by atoms with Crippen LogP contribution in [0.2, 0.25) is 0 Å². The largest absolute Gasteiger partial charge is 0.342 e. The number of benzene rings is 1.